The number of hydrogen-bond acceptors (Lipinski definition) is 3. The highest BCUT2D eigenvalue weighted by Crippen LogP contribution is 2.36. The highest BCUT2D eigenvalue weighted by atomic mass is 19.1. The van der Waals surface area contributed by atoms with Crippen LogP contribution in [0.5, 0.6) is 0 Å². The van der Waals surface area contributed by atoms with Gasteiger partial charge in [0.05, 0.1) is 5.52 Å². The number of rotatable bonds is 7. The molecule has 1 unspecified atom stereocenters. The first-order valence-corrected chi connectivity index (χ1v) is 11.4. The highest BCUT2D eigenvalue weighted by Gasteiger charge is 2.26. The summed E-state index contributed by atoms with van der Waals surface area (Å²) >= 11 is 0. The minimum Gasteiger partial charge on any atom is -0.375 e. The third kappa shape index (κ3) is 5.11. The number of halogens is 1. The van der Waals surface area contributed by atoms with Gasteiger partial charge in [0.15, 0.2) is 0 Å². The zero-order valence-electron chi connectivity index (χ0n) is 19.4. The fraction of sp³-hybridized carbons (Fsp3) is 0.241. The first kappa shape index (κ1) is 22.7. The SMILES string of the molecule is C=C(/C=C\C=C/C)Cc1ccc(-c2cc(C3CCN(C(=C)C)C3)c3ncncc3c2)c(F)c1. The van der Waals surface area contributed by atoms with Crippen LogP contribution in [0.4, 0.5) is 4.39 Å². The zero-order chi connectivity index (χ0) is 23.4. The monoisotopic (exact) mass is 439 g/mol. The summed E-state index contributed by atoms with van der Waals surface area (Å²) < 4.78 is 15.3. The minimum absolute atomic E-state index is 0.227. The molecule has 0 radical (unpaired) electrons. The van der Waals surface area contributed by atoms with Crippen molar-refractivity contribution in [2.45, 2.75) is 32.6 Å². The van der Waals surface area contributed by atoms with Crippen LogP contribution in [-0.2, 0) is 6.42 Å². The largest absolute Gasteiger partial charge is 0.375 e. The number of allylic oxidation sites excluding steroid dienone is 6. The molecule has 1 aliphatic heterocycles. The van der Waals surface area contributed by atoms with Crippen molar-refractivity contribution in [1.29, 1.82) is 0 Å². The summed E-state index contributed by atoms with van der Waals surface area (Å²) in [5.41, 5.74) is 6.48. The van der Waals surface area contributed by atoms with Gasteiger partial charge in [-0.2, -0.15) is 0 Å². The molecule has 0 saturated carbocycles. The molecule has 1 saturated heterocycles. The van der Waals surface area contributed by atoms with E-state index in [0.29, 0.717) is 17.9 Å². The lowest BCUT2D eigenvalue weighted by atomic mass is 9.91. The lowest BCUT2D eigenvalue weighted by molar-refractivity contribution is 0.423. The maximum absolute atomic E-state index is 15.3. The van der Waals surface area contributed by atoms with E-state index in [-0.39, 0.29) is 5.82 Å². The molecule has 4 heteroatoms. The van der Waals surface area contributed by atoms with Gasteiger partial charge >= 0.3 is 0 Å². The number of likely N-dealkylation sites (tertiary alicyclic amines) is 1. The molecule has 2 heterocycles. The fourth-order valence-electron chi connectivity index (χ4n) is 4.49. The van der Waals surface area contributed by atoms with Crippen molar-refractivity contribution >= 4 is 10.9 Å². The second-order valence-corrected chi connectivity index (χ2v) is 8.73. The second-order valence-electron chi connectivity index (χ2n) is 8.73. The molecule has 0 aliphatic carbocycles. The summed E-state index contributed by atoms with van der Waals surface area (Å²) in [6.07, 6.45) is 12.9. The van der Waals surface area contributed by atoms with Gasteiger partial charge in [-0.1, -0.05) is 55.2 Å². The van der Waals surface area contributed by atoms with Crippen LogP contribution in [0.2, 0.25) is 0 Å². The lowest BCUT2D eigenvalue weighted by Crippen LogP contribution is -2.17. The smallest absolute Gasteiger partial charge is 0.131 e. The molecule has 2 aromatic carbocycles. The Hall–Kier alpha value is -3.53. The van der Waals surface area contributed by atoms with E-state index in [0.717, 1.165) is 58.4 Å². The maximum Gasteiger partial charge on any atom is 0.131 e. The van der Waals surface area contributed by atoms with Gasteiger partial charge < -0.3 is 4.90 Å². The van der Waals surface area contributed by atoms with Crippen LogP contribution in [-0.4, -0.2) is 28.0 Å². The second kappa shape index (κ2) is 9.95. The maximum atomic E-state index is 15.3. The lowest BCUT2D eigenvalue weighted by Gasteiger charge is -2.19. The van der Waals surface area contributed by atoms with Crippen LogP contribution in [0, 0.1) is 5.82 Å². The molecule has 3 aromatic rings. The van der Waals surface area contributed by atoms with E-state index in [9.17, 15) is 0 Å². The van der Waals surface area contributed by atoms with E-state index in [1.165, 1.54) is 0 Å². The van der Waals surface area contributed by atoms with Gasteiger partial charge in [0.2, 0.25) is 0 Å². The van der Waals surface area contributed by atoms with E-state index >= 15 is 4.39 Å². The first-order valence-electron chi connectivity index (χ1n) is 11.4. The van der Waals surface area contributed by atoms with E-state index in [1.54, 1.807) is 12.4 Å². The Morgan fingerprint density at radius 3 is 2.79 bits per heavy atom. The third-order valence-corrected chi connectivity index (χ3v) is 6.22. The standard InChI is InChI=1S/C29H30FN3/c1-5-6-7-8-21(4)13-22-9-10-26(28(30)14-22)24-15-25-17-31-19-32-29(25)27(16-24)23-11-12-33(18-23)20(2)3/h5-10,14-17,19,23H,2,4,11-13,18H2,1,3H3/b6-5-,8-7-. The van der Waals surface area contributed by atoms with Gasteiger partial charge in [-0.05, 0) is 61.6 Å². The number of aromatic nitrogens is 2. The van der Waals surface area contributed by atoms with Gasteiger partial charge in [0, 0.05) is 41.9 Å². The van der Waals surface area contributed by atoms with E-state index in [2.05, 4.69) is 34.1 Å². The zero-order valence-corrected chi connectivity index (χ0v) is 19.4. The number of benzene rings is 2. The van der Waals surface area contributed by atoms with Crippen LogP contribution in [0.1, 0.15) is 37.3 Å². The average Bonchev–Trinajstić information content (AvgIpc) is 3.29. The molecule has 0 bridgehead atoms. The predicted octanol–water partition coefficient (Wildman–Crippen LogP) is 6.99. The van der Waals surface area contributed by atoms with Crippen molar-refractivity contribution in [1.82, 2.24) is 14.9 Å². The van der Waals surface area contributed by atoms with E-state index in [1.807, 2.05) is 62.5 Å². The highest BCUT2D eigenvalue weighted by molar-refractivity contribution is 5.87. The fourth-order valence-corrected chi connectivity index (χ4v) is 4.49. The molecule has 1 aliphatic rings. The average molecular weight is 440 g/mol. The Balaban J connectivity index is 1.67. The Bertz CT molecular complexity index is 1250. The summed E-state index contributed by atoms with van der Waals surface area (Å²) in [6.45, 7) is 14.1. The molecule has 1 atom stereocenters. The topological polar surface area (TPSA) is 29.0 Å². The predicted molar refractivity (Wildman–Crippen MR) is 135 cm³/mol. The van der Waals surface area contributed by atoms with Crippen LogP contribution in [0.3, 0.4) is 0 Å². The van der Waals surface area contributed by atoms with Gasteiger partial charge in [-0.25, -0.2) is 14.4 Å². The molecule has 0 N–H and O–H groups in total. The molecule has 33 heavy (non-hydrogen) atoms. The van der Waals surface area contributed by atoms with Gasteiger partial charge in [-0.3, -0.25) is 0 Å². The third-order valence-electron chi connectivity index (χ3n) is 6.22. The van der Waals surface area contributed by atoms with E-state index in [4.69, 9.17) is 0 Å². The van der Waals surface area contributed by atoms with Crippen molar-refractivity contribution in [2.24, 2.45) is 0 Å². The summed E-state index contributed by atoms with van der Waals surface area (Å²) in [5.74, 6) is 0.100. The number of fused-ring (bicyclic) bond motifs is 1. The molecular formula is C29H30FN3. The molecule has 1 fully saturated rings. The van der Waals surface area contributed by atoms with Crippen molar-refractivity contribution < 1.29 is 4.39 Å². The Labute approximate surface area is 195 Å². The molecular weight excluding hydrogens is 409 g/mol. The van der Waals surface area contributed by atoms with Crippen LogP contribution in [0.25, 0.3) is 22.0 Å². The Morgan fingerprint density at radius 2 is 2.06 bits per heavy atom. The molecule has 1 aromatic heterocycles. The van der Waals surface area contributed by atoms with Gasteiger partial charge in [0.25, 0.3) is 0 Å². The van der Waals surface area contributed by atoms with Crippen molar-refractivity contribution in [3.8, 4) is 11.1 Å². The molecule has 4 rings (SSSR count). The van der Waals surface area contributed by atoms with Crippen LogP contribution >= 0.6 is 0 Å². The number of hydrogen-bond donors (Lipinski definition) is 0. The minimum atomic E-state index is -0.227. The summed E-state index contributed by atoms with van der Waals surface area (Å²) in [4.78, 5) is 11.1. The normalized spacial score (nSPS) is 16.3. The van der Waals surface area contributed by atoms with Crippen molar-refractivity contribution in [3.63, 3.8) is 0 Å². The van der Waals surface area contributed by atoms with Crippen molar-refractivity contribution in [2.75, 3.05) is 13.1 Å². The molecule has 0 spiro atoms. The molecule has 0 amide bonds. The van der Waals surface area contributed by atoms with Crippen molar-refractivity contribution in [3.05, 3.63) is 109 Å². The summed E-state index contributed by atoms with van der Waals surface area (Å²) in [5, 5.41) is 0.935. The summed E-state index contributed by atoms with van der Waals surface area (Å²) in [7, 11) is 0. The molecule has 168 valence electrons. The first-order chi connectivity index (χ1) is 16.0. The van der Waals surface area contributed by atoms with Gasteiger partial charge in [0.1, 0.15) is 12.1 Å². The van der Waals surface area contributed by atoms with Crippen LogP contribution < -0.4 is 0 Å². The van der Waals surface area contributed by atoms with Crippen LogP contribution in [0.15, 0.2) is 91.6 Å². The number of nitrogens with zero attached hydrogens (tertiary/aromatic N) is 3. The summed E-state index contributed by atoms with van der Waals surface area (Å²) in [6, 6.07) is 9.57. The Morgan fingerprint density at radius 1 is 1.21 bits per heavy atom. The molecule has 3 nitrogen and oxygen atoms in total. The quantitative estimate of drug-likeness (QED) is 0.372. The van der Waals surface area contributed by atoms with E-state index < -0.39 is 0 Å². The van der Waals surface area contributed by atoms with Gasteiger partial charge in [-0.15, -0.1) is 0 Å². The Kier molecular flexibility index (Phi) is 6.83.